The summed E-state index contributed by atoms with van der Waals surface area (Å²) in [5.41, 5.74) is 8.36. The predicted octanol–water partition coefficient (Wildman–Crippen LogP) is 2.57. The molecule has 0 bridgehead atoms. The second kappa shape index (κ2) is 5.91. The van der Waals surface area contributed by atoms with Crippen molar-refractivity contribution in [1.29, 1.82) is 0 Å². The van der Waals surface area contributed by atoms with Crippen LogP contribution in [0.5, 0.6) is 5.75 Å². The first kappa shape index (κ1) is 13.7. The zero-order chi connectivity index (χ0) is 13.1. The maximum Gasteiger partial charge on any atom is 0.125 e. The van der Waals surface area contributed by atoms with Crippen molar-refractivity contribution in [3.63, 3.8) is 0 Å². The van der Waals surface area contributed by atoms with E-state index in [0.717, 1.165) is 35.8 Å². The maximum atomic E-state index is 6.11. The Morgan fingerprint density at radius 3 is 2.94 bits per heavy atom. The lowest BCUT2D eigenvalue weighted by Gasteiger charge is -2.16. The van der Waals surface area contributed by atoms with E-state index in [-0.39, 0.29) is 12.1 Å². The number of hydrogen-bond donors (Lipinski definition) is 1. The van der Waals surface area contributed by atoms with Gasteiger partial charge in [0.15, 0.2) is 0 Å². The quantitative estimate of drug-likeness (QED) is 0.894. The largest absolute Gasteiger partial charge is 0.493 e. The summed E-state index contributed by atoms with van der Waals surface area (Å²) in [4.78, 5) is 0. The van der Waals surface area contributed by atoms with E-state index in [0.29, 0.717) is 6.61 Å². The molecule has 0 aliphatic carbocycles. The van der Waals surface area contributed by atoms with Crippen LogP contribution in [-0.2, 0) is 17.6 Å². The van der Waals surface area contributed by atoms with Gasteiger partial charge in [-0.25, -0.2) is 0 Å². The van der Waals surface area contributed by atoms with Crippen LogP contribution in [0.15, 0.2) is 12.1 Å². The van der Waals surface area contributed by atoms with E-state index in [1.54, 1.807) is 0 Å². The fourth-order valence-electron chi connectivity index (χ4n) is 2.16. The van der Waals surface area contributed by atoms with Crippen LogP contribution in [0.3, 0.4) is 0 Å². The first-order chi connectivity index (χ1) is 8.56. The highest BCUT2D eigenvalue weighted by Gasteiger charge is 2.19. The van der Waals surface area contributed by atoms with E-state index < -0.39 is 0 Å². The minimum Gasteiger partial charge on any atom is -0.493 e. The third-order valence-corrected chi connectivity index (χ3v) is 3.17. The fraction of sp³-hybridized carbons (Fsp3) is 0.571. The molecule has 1 aliphatic heterocycles. The van der Waals surface area contributed by atoms with Gasteiger partial charge in [0.25, 0.3) is 0 Å². The zero-order valence-electron chi connectivity index (χ0n) is 10.9. The highest BCUT2D eigenvalue weighted by molar-refractivity contribution is 6.30. The average Bonchev–Trinajstić information content (AvgIpc) is 2.74. The molecule has 1 aromatic rings. The van der Waals surface area contributed by atoms with Crippen molar-refractivity contribution in [3.05, 3.63) is 28.3 Å². The second-order valence-corrected chi connectivity index (χ2v) is 5.43. The summed E-state index contributed by atoms with van der Waals surface area (Å²) in [6, 6.07) is 3.89. The molecule has 100 valence electrons. The van der Waals surface area contributed by atoms with Gasteiger partial charge in [-0.3, -0.25) is 0 Å². The Hall–Kier alpha value is -0.770. The van der Waals surface area contributed by atoms with E-state index in [9.17, 15) is 0 Å². The number of rotatable bonds is 5. The van der Waals surface area contributed by atoms with E-state index in [1.807, 2.05) is 26.0 Å². The average molecular weight is 270 g/mol. The molecule has 0 aromatic heterocycles. The third kappa shape index (κ3) is 3.37. The van der Waals surface area contributed by atoms with Crippen molar-refractivity contribution in [2.24, 2.45) is 5.73 Å². The Bertz CT molecular complexity index is 421. The molecule has 3 nitrogen and oxygen atoms in total. The summed E-state index contributed by atoms with van der Waals surface area (Å²) in [6.45, 7) is 5.30. The van der Waals surface area contributed by atoms with Crippen molar-refractivity contribution < 1.29 is 9.47 Å². The Labute approximate surface area is 113 Å². The number of ether oxygens (including phenoxy) is 2. The predicted molar refractivity (Wildman–Crippen MR) is 73.4 cm³/mol. The monoisotopic (exact) mass is 269 g/mol. The minimum atomic E-state index is -0.0285. The molecule has 0 spiro atoms. The van der Waals surface area contributed by atoms with Crippen LogP contribution in [0.25, 0.3) is 0 Å². The number of halogens is 1. The second-order valence-electron chi connectivity index (χ2n) is 5.00. The van der Waals surface area contributed by atoms with Crippen LogP contribution >= 0.6 is 11.6 Å². The first-order valence-corrected chi connectivity index (χ1v) is 6.75. The fourth-order valence-corrected chi connectivity index (χ4v) is 2.42. The maximum absolute atomic E-state index is 6.11. The van der Waals surface area contributed by atoms with Gasteiger partial charge in [0.2, 0.25) is 0 Å². The summed E-state index contributed by atoms with van der Waals surface area (Å²) >= 11 is 6.11. The highest BCUT2D eigenvalue weighted by Crippen LogP contribution is 2.33. The van der Waals surface area contributed by atoms with Gasteiger partial charge >= 0.3 is 0 Å². The molecule has 0 fully saturated rings. The van der Waals surface area contributed by atoms with Gasteiger partial charge in [-0.05, 0) is 43.5 Å². The summed E-state index contributed by atoms with van der Waals surface area (Å²) in [5.74, 6) is 0.972. The molecule has 18 heavy (non-hydrogen) atoms. The van der Waals surface area contributed by atoms with Gasteiger partial charge < -0.3 is 15.2 Å². The number of benzene rings is 1. The SMILES string of the molecule is CC(C)OCC(N)Cc1cc(Cl)cc2c1OCC2. The summed E-state index contributed by atoms with van der Waals surface area (Å²) in [7, 11) is 0. The van der Waals surface area contributed by atoms with Crippen LogP contribution in [0.4, 0.5) is 0 Å². The Balaban J connectivity index is 2.05. The highest BCUT2D eigenvalue weighted by atomic mass is 35.5. The van der Waals surface area contributed by atoms with Crippen molar-refractivity contribution in [2.75, 3.05) is 13.2 Å². The summed E-state index contributed by atoms with van der Waals surface area (Å²) < 4.78 is 11.2. The molecule has 4 heteroatoms. The smallest absolute Gasteiger partial charge is 0.125 e. The summed E-state index contributed by atoms with van der Waals surface area (Å²) in [6.07, 6.45) is 1.87. The lowest BCUT2D eigenvalue weighted by molar-refractivity contribution is 0.0683. The van der Waals surface area contributed by atoms with Crippen molar-refractivity contribution in [3.8, 4) is 5.75 Å². The van der Waals surface area contributed by atoms with E-state index >= 15 is 0 Å². The molecule has 2 rings (SSSR count). The lowest BCUT2D eigenvalue weighted by atomic mass is 10.0. The molecule has 1 heterocycles. The van der Waals surface area contributed by atoms with Gasteiger partial charge in [0.05, 0.1) is 19.3 Å². The molecule has 1 aliphatic rings. The van der Waals surface area contributed by atoms with Gasteiger partial charge in [0, 0.05) is 17.5 Å². The Morgan fingerprint density at radius 1 is 1.44 bits per heavy atom. The van der Waals surface area contributed by atoms with Crippen molar-refractivity contribution in [1.82, 2.24) is 0 Å². The van der Waals surface area contributed by atoms with Crippen molar-refractivity contribution in [2.45, 2.75) is 38.8 Å². The molecule has 1 atom stereocenters. The third-order valence-electron chi connectivity index (χ3n) is 2.95. The minimum absolute atomic E-state index is 0.0285. The molecule has 0 saturated carbocycles. The standard InChI is InChI=1S/C14H20ClNO2/c1-9(2)18-8-13(16)7-11-6-12(15)5-10-3-4-17-14(10)11/h5-6,9,13H,3-4,7-8,16H2,1-2H3. The summed E-state index contributed by atoms with van der Waals surface area (Å²) in [5, 5.41) is 0.756. The van der Waals surface area contributed by atoms with Crippen molar-refractivity contribution >= 4 is 11.6 Å². The number of hydrogen-bond acceptors (Lipinski definition) is 3. The topological polar surface area (TPSA) is 44.5 Å². The van der Waals surface area contributed by atoms with Crippen LogP contribution in [0.1, 0.15) is 25.0 Å². The lowest BCUT2D eigenvalue weighted by Crippen LogP contribution is -2.30. The molecule has 2 N–H and O–H groups in total. The van der Waals surface area contributed by atoms with Gasteiger partial charge in [-0.1, -0.05) is 11.6 Å². The molecule has 0 saturated heterocycles. The van der Waals surface area contributed by atoms with Crippen LogP contribution in [-0.4, -0.2) is 25.4 Å². The van der Waals surface area contributed by atoms with E-state index in [2.05, 4.69) is 0 Å². The van der Waals surface area contributed by atoms with Crippen LogP contribution < -0.4 is 10.5 Å². The van der Waals surface area contributed by atoms with Crippen LogP contribution in [0, 0.1) is 0 Å². The molecule has 0 radical (unpaired) electrons. The van der Waals surface area contributed by atoms with E-state index in [4.69, 9.17) is 26.8 Å². The molecular formula is C14H20ClNO2. The molecule has 1 unspecified atom stereocenters. The number of fused-ring (bicyclic) bond motifs is 1. The van der Waals surface area contributed by atoms with Gasteiger partial charge in [-0.15, -0.1) is 0 Å². The Morgan fingerprint density at radius 2 is 2.22 bits per heavy atom. The zero-order valence-corrected chi connectivity index (χ0v) is 11.7. The van der Waals surface area contributed by atoms with Gasteiger partial charge in [0.1, 0.15) is 5.75 Å². The number of nitrogens with two attached hydrogens (primary N) is 1. The first-order valence-electron chi connectivity index (χ1n) is 6.37. The van der Waals surface area contributed by atoms with Gasteiger partial charge in [-0.2, -0.15) is 0 Å². The molecule has 1 aromatic carbocycles. The van der Waals surface area contributed by atoms with Crippen LogP contribution in [0.2, 0.25) is 5.02 Å². The molecule has 0 amide bonds. The molecular weight excluding hydrogens is 250 g/mol. The van der Waals surface area contributed by atoms with E-state index in [1.165, 1.54) is 5.56 Å². The normalized spacial score (nSPS) is 15.6. The Kier molecular flexibility index (Phi) is 4.49.